The molecule has 0 aliphatic carbocycles. The van der Waals surface area contributed by atoms with Crippen LogP contribution in [0.25, 0.3) is 0 Å². The van der Waals surface area contributed by atoms with Crippen LogP contribution in [0.1, 0.15) is 39.0 Å². The molecule has 0 aromatic heterocycles. The number of amides is 2. The Morgan fingerprint density at radius 1 is 1.13 bits per heavy atom. The van der Waals surface area contributed by atoms with Gasteiger partial charge in [-0.2, -0.15) is 0 Å². The Labute approximate surface area is 139 Å². The lowest BCUT2D eigenvalue weighted by atomic mass is 10.0. The molecule has 6 nitrogen and oxygen atoms in total. The molecule has 3 rings (SSSR count). The Morgan fingerprint density at radius 3 is 2.61 bits per heavy atom. The van der Waals surface area contributed by atoms with Gasteiger partial charge >= 0.3 is 6.03 Å². The van der Waals surface area contributed by atoms with Crippen molar-refractivity contribution in [1.29, 1.82) is 0 Å². The lowest BCUT2D eigenvalue weighted by Crippen LogP contribution is -2.46. The first-order valence-corrected chi connectivity index (χ1v) is 9.34. The molecule has 6 heteroatoms. The zero-order valence-electron chi connectivity index (χ0n) is 14.4. The minimum absolute atomic E-state index is 0.0181. The summed E-state index contributed by atoms with van der Waals surface area (Å²) in [4.78, 5) is 18.9. The fourth-order valence-corrected chi connectivity index (χ4v) is 4.28. The minimum Gasteiger partial charge on any atom is -0.390 e. The number of likely N-dealkylation sites (tertiary alicyclic amines) is 3. The van der Waals surface area contributed by atoms with Crippen LogP contribution < -0.4 is 5.32 Å². The standard InChI is InChI=1S/C17H32N4O2/c1-14-6-2-3-8-19(14)11-7-18-17(23)21-12-15(16(22)13-21)20-9-4-5-10-20/h14-16,22H,2-13H2,1H3,(H,18,23)/t14-,15+,16+/m1/s1. The minimum atomic E-state index is -0.402. The molecule has 0 radical (unpaired) electrons. The number of hydrogen-bond donors (Lipinski definition) is 2. The molecule has 0 aromatic rings. The van der Waals surface area contributed by atoms with Crippen LogP contribution in [0.5, 0.6) is 0 Å². The molecule has 2 N–H and O–H groups in total. The molecule has 2 amide bonds. The van der Waals surface area contributed by atoms with E-state index in [1.807, 2.05) is 0 Å². The first-order chi connectivity index (χ1) is 11.1. The first-order valence-electron chi connectivity index (χ1n) is 9.34. The van der Waals surface area contributed by atoms with Gasteiger partial charge in [0.1, 0.15) is 0 Å². The van der Waals surface area contributed by atoms with Gasteiger partial charge < -0.3 is 15.3 Å². The van der Waals surface area contributed by atoms with E-state index < -0.39 is 6.10 Å². The number of carbonyl (C=O) groups excluding carboxylic acids is 1. The van der Waals surface area contributed by atoms with Crippen molar-refractivity contribution in [2.75, 3.05) is 45.8 Å². The fraction of sp³-hybridized carbons (Fsp3) is 0.941. The maximum absolute atomic E-state index is 12.3. The second kappa shape index (κ2) is 7.81. The molecule has 3 fully saturated rings. The van der Waals surface area contributed by atoms with Crippen molar-refractivity contribution in [3.63, 3.8) is 0 Å². The number of piperidine rings is 1. The first kappa shape index (κ1) is 17.0. The number of β-amino-alcohol motifs (C(OH)–C–C–N with tert-alkyl or cyclic N) is 1. The van der Waals surface area contributed by atoms with Gasteiger partial charge in [0.15, 0.2) is 0 Å². The molecule has 3 aliphatic heterocycles. The fourth-order valence-electron chi connectivity index (χ4n) is 4.28. The smallest absolute Gasteiger partial charge is 0.317 e. The number of aliphatic hydroxyl groups is 1. The summed E-state index contributed by atoms with van der Waals surface area (Å²) >= 11 is 0. The summed E-state index contributed by atoms with van der Waals surface area (Å²) in [5.41, 5.74) is 0. The largest absolute Gasteiger partial charge is 0.390 e. The molecule has 0 unspecified atom stereocenters. The summed E-state index contributed by atoms with van der Waals surface area (Å²) in [5.74, 6) is 0. The summed E-state index contributed by atoms with van der Waals surface area (Å²) in [6, 6.07) is 0.745. The normalized spacial score (nSPS) is 33.3. The van der Waals surface area contributed by atoms with Crippen LogP contribution in [-0.2, 0) is 0 Å². The van der Waals surface area contributed by atoms with E-state index in [1.165, 1.54) is 32.1 Å². The monoisotopic (exact) mass is 324 g/mol. The van der Waals surface area contributed by atoms with Crippen molar-refractivity contribution in [2.45, 2.75) is 57.2 Å². The van der Waals surface area contributed by atoms with E-state index in [-0.39, 0.29) is 12.1 Å². The Bertz CT molecular complexity index is 400. The van der Waals surface area contributed by atoms with E-state index in [0.717, 1.165) is 26.2 Å². The van der Waals surface area contributed by atoms with Gasteiger partial charge in [0.05, 0.1) is 12.1 Å². The van der Waals surface area contributed by atoms with Crippen LogP contribution in [0.4, 0.5) is 4.79 Å². The summed E-state index contributed by atoms with van der Waals surface area (Å²) in [5, 5.41) is 13.3. The molecule has 3 heterocycles. The number of carbonyl (C=O) groups is 1. The Hall–Kier alpha value is -0.850. The quantitative estimate of drug-likeness (QED) is 0.800. The molecule has 0 bridgehead atoms. The van der Waals surface area contributed by atoms with Gasteiger partial charge in [-0.1, -0.05) is 6.42 Å². The van der Waals surface area contributed by atoms with Crippen LogP contribution in [0.3, 0.4) is 0 Å². The van der Waals surface area contributed by atoms with Crippen LogP contribution in [0.2, 0.25) is 0 Å². The van der Waals surface area contributed by atoms with Gasteiger partial charge in [0.2, 0.25) is 0 Å². The summed E-state index contributed by atoms with van der Waals surface area (Å²) < 4.78 is 0. The van der Waals surface area contributed by atoms with Crippen LogP contribution in [0, 0.1) is 0 Å². The van der Waals surface area contributed by atoms with E-state index in [9.17, 15) is 9.90 Å². The van der Waals surface area contributed by atoms with Crippen molar-refractivity contribution >= 4 is 6.03 Å². The van der Waals surface area contributed by atoms with E-state index in [4.69, 9.17) is 0 Å². The lowest BCUT2D eigenvalue weighted by Gasteiger charge is -2.33. The highest BCUT2D eigenvalue weighted by Gasteiger charge is 2.38. The highest BCUT2D eigenvalue weighted by molar-refractivity contribution is 5.74. The van der Waals surface area contributed by atoms with Crippen LogP contribution in [-0.4, -0.2) is 89.8 Å². The highest BCUT2D eigenvalue weighted by Crippen LogP contribution is 2.21. The van der Waals surface area contributed by atoms with E-state index in [2.05, 4.69) is 22.0 Å². The van der Waals surface area contributed by atoms with Gasteiger partial charge in [-0.15, -0.1) is 0 Å². The average molecular weight is 324 g/mol. The third kappa shape index (κ3) is 4.17. The number of nitrogens with zero attached hydrogens (tertiary/aromatic N) is 3. The highest BCUT2D eigenvalue weighted by atomic mass is 16.3. The van der Waals surface area contributed by atoms with Crippen molar-refractivity contribution in [3.8, 4) is 0 Å². The predicted molar refractivity (Wildman–Crippen MR) is 90.5 cm³/mol. The number of aliphatic hydroxyl groups excluding tert-OH is 1. The average Bonchev–Trinajstić information content (AvgIpc) is 3.18. The predicted octanol–water partition coefficient (Wildman–Crippen LogP) is 0.711. The maximum Gasteiger partial charge on any atom is 0.317 e. The van der Waals surface area contributed by atoms with Crippen molar-refractivity contribution < 1.29 is 9.90 Å². The number of nitrogens with one attached hydrogen (secondary N) is 1. The van der Waals surface area contributed by atoms with Crippen LogP contribution >= 0.6 is 0 Å². The molecule has 23 heavy (non-hydrogen) atoms. The molecular weight excluding hydrogens is 292 g/mol. The number of hydrogen-bond acceptors (Lipinski definition) is 4. The Kier molecular flexibility index (Phi) is 5.77. The molecule has 3 atom stereocenters. The van der Waals surface area contributed by atoms with Crippen molar-refractivity contribution in [1.82, 2.24) is 20.0 Å². The van der Waals surface area contributed by atoms with E-state index in [0.29, 0.717) is 25.7 Å². The van der Waals surface area contributed by atoms with Crippen LogP contribution in [0.15, 0.2) is 0 Å². The zero-order valence-corrected chi connectivity index (χ0v) is 14.4. The Morgan fingerprint density at radius 2 is 1.87 bits per heavy atom. The molecular formula is C17H32N4O2. The van der Waals surface area contributed by atoms with Gasteiger partial charge in [-0.25, -0.2) is 4.79 Å². The van der Waals surface area contributed by atoms with Gasteiger partial charge in [-0.3, -0.25) is 9.80 Å². The second-order valence-corrected chi connectivity index (χ2v) is 7.40. The molecule has 0 aromatic carbocycles. The van der Waals surface area contributed by atoms with Crippen molar-refractivity contribution in [3.05, 3.63) is 0 Å². The molecule has 0 spiro atoms. The third-order valence-electron chi connectivity index (χ3n) is 5.77. The SMILES string of the molecule is C[C@@H]1CCCCN1CCNC(=O)N1C[C@H](O)[C@@H](N2CCCC2)C1. The number of rotatable bonds is 4. The zero-order chi connectivity index (χ0) is 16.2. The van der Waals surface area contributed by atoms with E-state index in [1.54, 1.807) is 4.90 Å². The van der Waals surface area contributed by atoms with Gasteiger partial charge in [0.25, 0.3) is 0 Å². The molecule has 0 saturated carbocycles. The maximum atomic E-state index is 12.3. The summed E-state index contributed by atoms with van der Waals surface area (Å²) in [6.45, 7) is 8.30. The number of urea groups is 1. The molecule has 132 valence electrons. The van der Waals surface area contributed by atoms with Crippen molar-refractivity contribution in [2.24, 2.45) is 0 Å². The topological polar surface area (TPSA) is 59.1 Å². The van der Waals surface area contributed by atoms with Gasteiger partial charge in [-0.05, 0) is 52.2 Å². The summed E-state index contributed by atoms with van der Waals surface area (Å²) in [7, 11) is 0. The molecule has 3 aliphatic rings. The lowest BCUT2D eigenvalue weighted by molar-refractivity contribution is 0.0980. The third-order valence-corrected chi connectivity index (χ3v) is 5.77. The molecule has 3 saturated heterocycles. The van der Waals surface area contributed by atoms with E-state index >= 15 is 0 Å². The second-order valence-electron chi connectivity index (χ2n) is 7.40. The summed E-state index contributed by atoms with van der Waals surface area (Å²) in [6.07, 6.45) is 5.89. The Balaban J connectivity index is 1.40. The van der Waals surface area contributed by atoms with Gasteiger partial charge in [0, 0.05) is 32.2 Å².